The van der Waals surface area contributed by atoms with Crippen molar-refractivity contribution in [1.29, 1.82) is 0 Å². The molecule has 0 fully saturated rings. The zero-order valence-corrected chi connectivity index (χ0v) is 18.7. The Balaban J connectivity index is 1.71. The van der Waals surface area contributed by atoms with Crippen LogP contribution in [-0.2, 0) is 0 Å². The highest BCUT2D eigenvalue weighted by Gasteiger charge is 2.18. The van der Waals surface area contributed by atoms with E-state index < -0.39 is 0 Å². The van der Waals surface area contributed by atoms with Crippen molar-refractivity contribution in [2.75, 3.05) is 0 Å². The fraction of sp³-hybridized carbons (Fsp3) is 0. The van der Waals surface area contributed by atoms with E-state index in [4.69, 9.17) is 0 Å². The van der Waals surface area contributed by atoms with Gasteiger partial charge in [-0.15, -0.1) is 34.0 Å². The topological polar surface area (TPSA) is 25.8 Å². The van der Waals surface area contributed by atoms with Gasteiger partial charge in [-0.3, -0.25) is 0 Å². The molecule has 5 heteroatoms. The molecule has 0 radical (unpaired) electrons. The van der Waals surface area contributed by atoms with Gasteiger partial charge in [0.1, 0.15) is 10.0 Å². The number of hydrogen-bond donors (Lipinski definition) is 0. The minimum Gasteiger partial charge on any atom is -0.245 e. The van der Waals surface area contributed by atoms with E-state index in [9.17, 15) is 0 Å². The molecular formula is C26H14N2S3. The molecule has 3 heterocycles. The molecule has 0 unspecified atom stereocenters. The first-order chi connectivity index (χ1) is 15.4. The second-order valence-corrected chi connectivity index (χ2v) is 10.3. The maximum absolute atomic E-state index is 4.61. The molecule has 0 saturated carbocycles. The molecule has 31 heavy (non-hydrogen) atoms. The minimum atomic E-state index is 1.07. The zero-order valence-electron chi connectivity index (χ0n) is 16.2. The molecule has 4 aromatic carbocycles. The Morgan fingerprint density at radius 2 is 1.00 bits per heavy atom. The Hall–Kier alpha value is -3.12. The Morgan fingerprint density at radius 3 is 1.42 bits per heavy atom. The van der Waals surface area contributed by atoms with E-state index in [1.54, 1.807) is 22.7 Å². The van der Waals surface area contributed by atoms with Crippen LogP contribution in [0.2, 0.25) is 0 Å². The second kappa shape index (κ2) is 6.69. The predicted molar refractivity (Wildman–Crippen MR) is 137 cm³/mol. The molecule has 0 aliphatic rings. The molecule has 0 aliphatic heterocycles. The Bertz CT molecular complexity index is 1600. The van der Waals surface area contributed by atoms with Gasteiger partial charge in [-0.1, -0.05) is 48.5 Å². The summed E-state index contributed by atoms with van der Waals surface area (Å²) in [6.45, 7) is 0. The second-order valence-electron chi connectivity index (χ2n) is 7.46. The van der Waals surface area contributed by atoms with Crippen LogP contribution in [-0.4, -0.2) is 9.97 Å². The highest BCUT2D eigenvalue weighted by atomic mass is 32.1. The van der Waals surface area contributed by atoms with Crippen molar-refractivity contribution in [2.24, 2.45) is 0 Å². The first-order valence-corrected chi connectivity index (χ1v) is 12.6. The van der Waals surface area contributed by atoms with E-state index in [0.717, 1.165) is 10.0 Å². The monoisotopic (exact) mass is 450 g/mol. The lowest BCUT2D eigenvalue weighted by Crippen LogP contribution is -1.84. The van der Waals surface area contributed by atoms with Crippen LogP contribution in [0.5, 0.6) is 0 Å². The van der Waals surface area contributed by atoms with Crippen LogP contribution in [0.25, 0.3) is 62.9 Å². The summed E-state index contributed by atoms with van der Waals surface area (Å²) >= 11 is 5.26. The number of benzene rings is 4. The summed E-state index contributed by atoms with van der Waals surface area (Å²) in [6.07, 6.45) is 3.77. The molecule has 0 amide bonds. The highest BCUT2D eigenvalue weighted by molar-refractivity contribution is 7.26. The van der Waals surface area contributed by atoms with Crippen molar-refractivity contribution in [3.8, 4) is 21.1 Å². The van der Waals surface area contributed by atoms with Crippen LogP contribution in [0, 0.1) is 0 Å². The summed E-state index contributed by atoms with van der Waals surface area (Å²) in [5, 5.41) is 14.0. The van der Waals surface area contributed by atoms with Gasteiger partial charge >= 0.3 is 0 Å². The van der Waals surface area contributed by atoms with E-state index >= 15 is 0 Å². The Morgan fingerprint density at radius 1 is 0.548 bits per heavy atom. The summed E-state index contributed by atoms with van der Waals surface area (Å²) < 4.78 is 2.61. The van der Waals surface area contributed by atoms with Crippen LogP contribution < -0.4 is 0 Å². The fourth-order valence-electron chi connectivity index (χ4n) is 4.56. The number of hydrogen-bond acceptors (Lipinski definition) is 5. The zero-order chi connectivity index (χ0) is 20.4. The minimum absolute atomic E-state index is 1.07. The lowest BCUT2D eigenvalue weighted by molar-refractivity contribution is 1.42. The van der Waals surface area contributed by atoms with E-state index in [0.29, 0.717) is 0 Å². The molecule has 0 spiro atoms. The Kier molecular flexibility index (Phi) is 3.79. The molecule has 0 saturated heterocycles. The van der Waals surface area contributed by atoms with Crippen molar-refractivity contribution in [1.82, 2.24) is 9.97 Å². The van der Waals surface area contributed by atoms with Crippen molar-refractivity contribution < 1.29 is 0 Å². The van der Waals surface area contributed by atoms with E-state index in [1.165, 1.54) is 52.8 Å². The van der Waals surface area contributed by atoms with Gasteiger partial charge in [-0.05, 0) is 33.7 Å². The lowest BCUT2D eigenvalue weighted by atomic mass is 9.95. The Labute approximate surface area is 190 Å². The standard InChI is InChI=1S/C26H14N2S3/c1-3-7-17-15(5-1)19(25-27-9-11-29-25)13-21-23(17)24-18-8-4-2-6-16(18)20(14-22(24)31-21)26-28-10-12-30-26/h1-14H. The van der Waals surface area contributed by atoms with Gasteiger partial charge in [-0.2, -0.15) is 0 Å². The molecule has 0 aliphatic carbocycles. The van der Waals surface area contributed by atoms with Crippen molar-refractivity contribution >= 4 is 75.7 Å². The van der Waals surface area contributed by atoms with Gasteiger partial charge in [-0.25, -0.2) is 9.97 Å². The first kappa shape index (κ1) is 17.5. The van der Waals surface area contributed by atoms with Gasteiger partial charge in [0, 0.05) is 54.5 Å². The van der Waals surface area contributed by atoms with Gasteiger partial charge in [0.25, 0.3) is 0 Å². The third-order valence-electron chi connectivity index (χ3n) is 5.81. The maximum atomic E-state index is 4.61. The number of fused-ring (bicyclic) bond motifs is 7. The molecule has 0 bridgehead atoms. The quantitative estimate of drug-likeness (QED) is 0.263. The third kappa shape index (κ3) is 2.54. The average Bonchev–Trinajstić information content (AvgIpc) is 3.58. The summed E-state index contributed by atoms with van der Waals surface area (Å²) in [6, 6.07) is 22.2. The summed E-state index contributed by atoms with van der Waals surface area (Å²) in [5.41, 5.74) is 2.43. The summed E-state index contributed by atoms with van der Waals surface area (Å²) in [7, 11) is 0. The lowest BCUT2D eigenvalue weighted by Gasteiger charge is -2.09. The number of thiazole rings is 2. The van der Waals surface area contributed by atoms with Gasteiger partial charge in [0.15, 0.2) is 0 Å². The number of aromatic nitrogens is 2. The predicted octanol–water partition coefficient (Wildman–Crippen LogP) is 8.61. The smallest absolute Gasteiger partial charge is 0.123 e. The van der Waals surface area contributed by atoms with Crippen molar-refractivity contribution in [3.05, 3.63) is 83.8 Å². The molecule has 7 aromatic rings. The first-order valence-electron chi connectivity index (χ1n) is 9.98. The molecular weight excluding hydrogens is 437 g/mol. The SMILES string of the molecule is c1ccc2c(c1)c(-c1nccs1)cc1sc3cc(-c4nccs4)c4ccccc4c3c12. The van der Waals surface area contributed by atoms with Crippen LogP contribution in [0.1, 0.15) is 0 Å². The van der Waals surface area contributed by atoms with E-state index in [-0.39, 0.29) is 0 Å². The average molecular weight is 451 g/mol. The number of thiophene rings is 1. The molecule has 2 nitrogen and oxygen atoms in total. The van der Waals surface area contributed by atoms with Gasteiger partial charge in [0.2, 0.25) is 0 Å². The molecule has 7 rings (SSSR count). The van der Waals surface area contributed by atoms with Crippen LogP contribution in [0.3, 0.4) is 0 Å². The molecule has 3 aromatic heterocycles. The van der Waals surface area contributed by atoms with Gasteiger partial charge < -0.3 is 0 Å². The number of rotatable bonds is 2. The summed E-state index contributed by atoms with van der Waals surface area (Å²) in [4.78, 5) is 9.22. The largest absolute Gasteiger partial charge is 0.245 e. The molecule has 146 valence electrons. The van der Waals surface area contributed by atoms with Crippen LogP contribution >= 0.6 is 34.0 Å². The fourth-order valence-corrected chi connectivity index (χ4v) is 7.12. The van der Waals surface area contributed by atoms with Crippen molar-refractivity contribution in [3.63, 3.8) is 0 Å². The van der Waals surface area contributed by atoms with Crippen molar-refractivity contribution in [2.45, 2.75) is 0 Å². The molecule has 0 atom stereocenters. The van der Waals surface area contributed by atoms with Crippen LogP contribution in [0.4, 0.5) is 0 Å². The highest BCUT2D eigenvalue weighted by Crippen LogP contribution is 2.47. The van der Waals surface area contributed by atoms with E-state index in [2.05, 4.69) is 70.6 Å². The third-order valence-corrected chi connectivity index (χ3v) is 8.51. The summed E-state index contributed by atoms with van der Waals surface area (Å²) in [5.74, 6) is 0. The van der Waals surface area contributed by atoms with Crippen LogP contribution in [0.15, 0.2) is 83.8 Å². The maximum Gasteiger partial charge on any atom is 0.123 e. The number of nitrogens with zero attached hydrogens (tertiary/aromatic N) is 2. The molecule has 0 N–H and O–H groups in total. The normalized spacial score (nSPS) is 11.9. The van der Waals surface area contributed by atoms with Gasteiger partial charge in [0.05, 0.1) is 0 Å². The van der Waals surface area contributed by atoms with E-state index in [1.807, 2.05) is 34.5 Å².